The van der Waals surface area contributed by atoms with E-state index in [4.69, 9.17) is 9.47 Å². The average molecular weight is 229 g/mol. The highest BCUT2D eigenvalue weighted by molar-refractivity contribution is 4.82. The van der Waals surface area contributed by atoms with Crippen molar-refractivity contribution in [1.82, 2.24) is 5.32 Å². The monoisotopic (exact) mass is 229 g/mol. The zero-order valence-corrected chi connectivity index (χ0v) is 11.2. The molecule has 1 rings (SSSR count). The third-order valence-electron chi connectivity index (χ3n) is 3.66. The number of nitrogens with one attached hydrogen (secondary N) is 1. The maximum Gasteiger partial charge on any atom is 0.0928 e. The molecule has 1 aliphatic rings. The fraction of sp³-hybridized carbons (Fsp3) is 1.00. The first-order chi connectivity index (χ1) is 7.57. The molecule has 0 saturated heterocycles. The quantitative estimate of drug-likeness (QED) is 0.757. The summed E-state index contributed by atoms with van der Waals surface area (Å²) in [4.78, 5) is 0. The van der Waals surface area contributed by atoms with Gasteiger partial charge in [0.05, 0.1) is 12.7 Å². The van der Waals surface area contributed by atoms with Crippen molar-refractivity contribution in [1.29, 1.82) is 0 Å². The van der Waals surface area contributed by atoms with E-state index in [-0.39, 0.29) is 6.10 Å². The minimum absolute atomic E-state index is 0.180. The summed E-state index contributed by atoms with van der Waals surface area (Å²) in [5.41, 5.74) is 0.547. The van der Waals surface area contributed by atoms with Gasteiger partial charge in [0.1, 0.15) is 0 Å². The normalized spacial score (nSPS) is 23.2. The van der Waals surface area contributed by atoms with E-state index in [1.54, 1.807) is 14.2 Å². The van der Waals surface area contributed by atoms with Crippen LogP contribution in [0.2, 0.25) is 0 Å². The largest absolute Gasteiger partial charge is 0.382 e. The third-order valence-corrected chi connectivity index (χ3v) is 3.66. The number of hydrogen-bond donors (Lipinski definition) is 1. The molecule has 1 N–H and O–H groups in total. The summed E-state index contributed by atoms with van der Waals surface area (Å²) in [6.07, 6.45) is 5.41. The van der Waals surface area contributed by atoms with Crippen LogP contribution >= 0.6 is 0 Å². The van der Waals surface area contributed by atoms with Gasteiger partial charge in [-0.2, -0.15) is 0 Å². The second-order valence-electron chi connectivity index (χ2n) is 5.66. The van der Waals surface area contributed by atoms with Gasteiger partial charge in [-0.25, -0.2) is 0 Å². The van der Waals surface area contributed by atoms with Crippen molar-refractivity contribution >= 4 is 0 Å². The van der Waals surface area contributed by atoms with Gasteiger partial charge in [-0.05, 0) is 31.1 Å². The van der Waals surface area contributed by atoms with Crippen LogP contribution in [0.25, 0.3) is 0 Å². The highest BCUT2D eigenvalue weighted by Crippen LogP contribution is 2.34. The Bertz CT molecular complexity index is 184. The molecule has 1 saturated carbocycles. The first kappa shape index (κ1) is 13.9. The molecule has 0 heterocycles. The molecule has 0 aliphatic heterocycles. The lowest BCUT2D eigenvalue weighted by atomic mass is 9.75. The van der Waals surface area contributed by atoms with Crippen LogP contribution < -0.4 is 5.32 Å². The Morgan fingerprint density at radius 2 is 1.88 bits per heavy atom. The molecule has 1 aliphatic carbocycles. The molecule has 3 nitrogen and oxygen atoms in total. The van der Waals surface area contributed by atoms with E-state index in [1.165, 1.54) is 25.7 Å². The number of ether oxygens (including phenoxy) is 2. The molecule has 0 aromatic carbocycles. The highest BCUT2D eigenvalue weighted by Gasteiger charge is 2.26. The van der Waals surface area contributed by atoms with Crippen molar-refractivity contribution in [2.75, 3.05) is 27.4 Å². The van der Waals surface area contributed by atoms with Crippen LogP contribution in [0.3, 0.4) is 0 Å². The van der Waals surface area contributed by atoms with Crippen molar-refractivity contribution in [3.63, 3.8) is 0 Å². The van der Waals surface area contributed by atoms with Crippen LogP contribution in [-0.2, 0) is 9.47 Å². The molecule has 0 radical (unpaired) electrons. The van der Waals surface area contributed by atoms with Gasteiger partial charge in [0.25, 0.3) is 0 Å². The molecular formula is C13H27NO2. The van der Waals surface area contributed by atoms with Gasteiger partial charge < -0.3 is 14.8 Å². The summed E-state index contributed by atoms with van der Waals surface area (Å²) in [7, 11) is 3.46. The first-order valence-corrected chi connectivity index (χ1v) is 6.32. The Labute approximate surface area is 99.9 Å². The van der Waals surface area contributed by atoms with Crippen molar-refractivity contribution in [2.45, 2.75) is 51.7 Å². The first-order valence-electron chi connectivity index (χ1n) is 6.32. The van der Waals surface area contributed by atoms with Gasteiger partial charge >= 0.3 is 0 Å². The second kappa shape index (κ2) is 6.58. The molecular weight excluding hydrogens is 202 g/mol. The van der Waals surface area contributed by atoms with E-state index < -0.39 is 0 Å². The van der Waals surface area contributed by atoms with Crippen molar-refractivity contribution in [2.24, 2.45) is 5.41 Å². The van der Waals surface area contributed by atoms with Crippen LogP contribution in [0.5, 0.6) is 0 Å². The van der Waals surface area contributed by atoms with E-state index in [2.05, 4.69) is 19.2 Å². The predicted octanol–water partition coefficient (Wildman–Crippen LogP) is 2.21. The van der Waals surface area contributed by atoms with Gasteiger partial charge in [0.2, 0.25) is 0 Å². The molecule has 1 fully saturated rings. The van der Waals surface area contributed by atoms with E-state index >= 15 is 0 Å². The molecule has 0 bridgehead atoms. The third kappa shape index (κ3) is 4.81. The molecule has 16 heavy (non-hydrogen) atoms. The van der Waals surface area contributed by atoms with Crippen molar-refractivity contribution < 1.29 is 9.47 Å². The Balaban J connectivity index is 2.18. The highest BCUT2D eigenvalue weighted by atomic mass is 16.5. The number of rotatable bonds is 6. The molecule has 0 aromatic rings. The molecule has 3 heteroatoms. The fourth-order valence-corrected chi connectivity index (χ4v) is 2.30. The zero-order valence-electron chi connectivity index (χ0n) is 11.2. The van der Waals surface area contributed by atoms with Crippen molar-refractivity contribution in [3.8, 4) is 0 Å². The van der Waals surface area contributed by atoms with E-state index in [0.717, 1.165) is 6.54 Å². The minimum Gasteiger partial charge on any atom is -0.382 e. The molecule has 0 aromatic heterocycles. The maximum atomic E-state index is 5.34. The van der Waals surface area contributed by atoms with Crippen molar-refractivity contribution in [3.05, 3.63) is 0 Å². The molecule has 1 unspecified atom stereocenters. The predicted molar refractivity (Wildman–Crippen MR) is 66.7 cm³/mol. The smallest absolute Gasteiger partial charge is 0.0928 e. The van der Waals surface area contributed by atoms with Crippen LogP contribution in [-0.4, -0.2) is 39.5 Å². The van der Waals surface area contributed by atoms with Crippen LogP contribution in [0.4, 0.5) is 0 Å². The lowest BCUT2D eigenvalue weighted by Gasteiger charge is -2.35. The number of hydrogen-bond acceptors (Lipinski definition) is 3. The standard InChI is InChI=1S/C13H27NO2/c1-13(2)7-5-11(6-8-13)14-9-12(16-4)10-15-3/h11-12,14H,5-10H2,1-4H3. The number of methoxy groups -OCH3 is 2. The SMILES string of the molecule is COCC(CNC1CCC(C)(C)CC1)OC. The molecule has 96 valence electrons. The fourth-order valence-electron chi connectivity index (χ4n) is 2.30. The summed E-state index contributed by atoms with van der Waals surface area (Å²) >= 11 is 0. The Morgan fingerprint density at radius 3 is 2.38 bits per heavy atom. The summed E-state index contributed by atoms with van der Waals surface area (Å²) in [6.45, 7) is 6.30. The minimum atomic E-state index is 0.180. The zero-order chi connectivity index (χ0) is 12.0. The topological polar surface area (TPSA) is 30.5 Å². The van der Waals surface area contributed by atoms with Gasteiger partial charge in [-0.3, -0.25) is 0 Å². The van der Waals surface area contributed by atoms with Crippen LogP contribution in [0.1, 0.15) is 39.5 Å². The van der Waals surface area contributed by atoms with Crippen LogP contribution in [0, 0.1) is 5.41 Å². The van der Waals surface area contributed by atoms with Gasteiger partial charge in [-0.15, -0.1) is 0 Å². The van der Waals surface area contributed by atoms with E-state index in [0.29, 0.717) is 18.1 Å². The molecule has 1 atom stereocenters. The van der Waals surface area contributed by atoms with E-state index in [1.807, 2.05) is 0 Å². The van der Waals surface area contributed by atoms with Crippen LogP contribution in [0.15, 0.2) is 0 Å². The lowest BCUT2D eigenvalue weighted by molar-refractivity contribution is 0.0257. The maximum absolute atomic E-state index is 5.34. The molecule has 0 amide bonds. The summed E-state index contributed by atoms with van der Waals surface area (Å²) in [6, 6.07) is 0.669. The Kier molecular flexibility index (Phi) is 5.73. The Morgan fingerprint density at radius 1 is 1.25 bits per heavy atom. The summed E-state index contributed by atoms with van der Waals surface area (Å²) < 4.78 is 10.4. The van der Waals surface area contributed by atoms with Gasteiger partial charge in [-0.1, -0.05) is 13.8 Å². The summed E-state index contributed by atoms with van der Waals surface area (Å²) in [5, 5.41) is 3.59. The van der Waals surface area contributed by atoms with E-state index in [9.17, 15) is 0 Å². The lowest BCUT2D eigenvalue weighted by Crippen LogP contribution is -2.41. The Hall–Kier alpha value is -0.120. The summed E-state index contributed by atoms with van der Waals surface area (Å²) in [5.74, 6) is 0. The van der Waals surface area contributed by atoms with Gasteiger partial charge in [0, 0.05) is 26.8 Å². The van der Waals surface area contributed by atoms with Gasteiger partial charge in [0.15, 0.2) is 0 Å². The molecule has 0 spiro atoms. The average Bonchev–Trinajstić information content (AvgIpc) is 2.26. The second-order valence-corrected chi connectivity index (χ2v) is 5.66.